The fraction of sp³-hybridized carbons (Fsp3) is 0.417. The predicted molar refractivity (Wildman–Crippen MR) is 67.5 cm³/mol. The van der Waals surface area contributed by atoms with Gasteiger partial charge < -0.3 is 10.6 Å². The van der Waals surface area contributed by atoms with Crippen molar-refractivity contribution >= 4 is 21.8 Å². The van der Waals surface area contributed by atoms with Crippen molar-refractivity contribution in [1.82, 2.24) is 10.6 Å². The van der Waals surface area contributed by atoms with Crippen molar-refractivity contribution in [3.8, 4) is 0 Å². The quantitative estimate of drug-likeness (QED) is 0.870. The highest BCUT2D eigenvalue weighted by Gasteiger charge is 2.17. The van der Waals surface area contributed by atoms with Gasteiger partial charge >= 0.3 is 0 Å². The van der Waals surface area contributed by atoms with Gasteiger partial charge in [0, 0.05) is 17.1 Å². The second-order valence-electron chi connectivity index (χ2n) is 4.00. The first-order valence-electron chi connectivity index (χ1n) is 5.53. The Hall–Kier alpha value is -0.870. The summed E-state index contributed by atoms with van der Waals surface area (Å²) in [4.78, 5) is 12.0. The van der Waals surface area contributed by atoms with Crippen LogP contribution >= 0.6 is 15.9 Å². The molecule has 86 valence electrons. The molecule has 0 aliphatic carbocycles. The van der Waals surface area contributed by atoms with Crippen LogP contribution in [0.15, 0.2) is 28.7 Å². The summed E-state index contributed by atoms with van der Waals surface area (Å²) in [5.74, 6) is 0.00109. The van der Waals surface area contributed by atoms with Crippen LogP contribution in [0.2, 0.25) is 0 Å². The van der Waals surface area contributed by atoms with Gasteiger partial charge in [-0.25, -0.2) is 0 Å². The summed E-state index contributed by atoms with van der Waals surface area (Å²) in [6, 6.07) is 7.75. The molecule has 1 amide bonds. The van der Waals surface area contributed by atoms with E-state index in [1.807, 2.05) is 24.3 Å². The molecule has 0 radical (unpaired) electrons. The molecule has 1 aromatic rings. The van der Waals surface area contributed by atoms with Crippen LogP contribution in [-0.4, -0.2) is 25.0 Å². The highest BCUT2D eigenvalue weighted by molar-refractivity contribution is 9.10. The molecule has 4 heteroatoms. The Morgan fingerprint density at radius 1 is 1.44 bits per heavy atom. The van der Waals surface area contributed by atoms with Gasteiger partial charge in [0.2, 0.25) is 0 Å². The number of carbonyl (C=O) groups is 1. The van der Waals surface area contributed by atoms with Gasteiger partial charge in [0.05, 0.1) is 5.56 Å². The molecule has 1 saturated heterocycles. The normalized spacial score (nSPS) is 20.4. The maximum Gasteiger partial charge on any atom is 0.252 e. The van der Waals surface area contributed by atoms with Gasteiger partial charge in [-0.2, -0.15) is 0 Å². The van der Waals surface area contributed by atoms with Crippen molar-refractivity contribution in [2.75, 3.05) is 13.1 Å². The van der Waals surface area contributed by atoms with Gasteiger partial charge in [-0.05, 0) is 47.4 Å². The Balaban J connectivity index is 2.00. The average Bonchev–Trinajstić information content (AvgIpc) is 2.31. The molecule has 1 aliphatic rings. The van der Waals surface area contributed by atoms with Crippen LogP contribution in [0.1, 0.15) is 23.2 Å². The first-order chi connectivity index (χ1) is 7.77. The van der Waals surface area contributed by atoms with Crippen LogP contribution in [-0.2, 0) is 0 Å². The number of nitrogens with one attached hydrogen (secondary N) is 2. The number of hydrogen-bond donors (Lipinski definition) is 2. The lowest BCUT2D eigenvalue weighted by molar-refractivity contribution is 0.0930. The molecule has 1 atom stereocenters. The van der Waals surface area contributed by atoms with Gasteiger partial charge in [0.1, 0.15) is 0 Å². The minimum Gasteiger partial charge on any atom is -0.348 e. The second kappa shape index (κ2) is 5.46. The molecule has 1 aliphatic heterocycles. The number of benzene rings is 1. The Labute approximate surface area is 104 Å². The van der Waals surface area contributed by atoms with E-state index in [9.17, 15) is 4.79 Å². The summed E-state index contributed by atoms with van der Waals surface area (Å²) in [5, 5.41) is 6.32. The van der Waals surface area contributed by atoms with Crippen molar-refractivity contribution in [3.05, 3.63) is 34.3 Å². The predicted octanol–water partition coefficient (Wildman–Crippen LogP) is 1.93. The van der Waals surface area contributed by atoms with Crippen molar-refractivity contribution in [3.63, 3.8) is 0 Å². The lowest BCUT2D eigenvalue weighted by Gasteiger charge is -2.23. The molecule has 0 saturated carbocycles. The van der Waals surface area contributed by atoms with Crippen LogP contribution in [0.3, 0.4) is 0 Å². The fourth-order valence-corrected chi connectivity index (χ4v) is 2.35. The van der Waals surface area contributed by atoms with E-state index in [1.54, 1.807) is 0 Å². The summed E-state index contributed by atoms with van der Waals surface area (Å²) >= 11 is 3.39. The summed E-state index contributed by atoms with van der Waals surface area (Å²) < 4.78 is 0.844. The van der Waals surface area contributed by atoms with Crippen molar-refractivity contribution < 1.29 is 4.79 Å². The van der Waals surface area contributed by atoms with Crippen LogP contribution in [0.25, 0.3) is 0 Å². The third kappa shape index (κ3) is 2.83. The van der Waals surface area contributed by atoms with E-state index in [2.05, 4.69) is 26.6 Å². The van der Waals surface area contributed by atoms with E-state index in [0.717, 1.165) is 30.4 Å². The minimum absolute atomic E-state index is 0.00109. The molecule has 0 bridgehead atoms. The SMILES string of the molecule is O=C(NC1CCCNC1)c1ccccc1Br. The van der Waals surface area contributed by atoms with E-state index in [-0.39, 0.29) is 11.9 Å². The van der Waals surface area contributed by atoms with Crippen molar-refractivity contribution in [2.45, 2.75) is 18.9 Å². The van der Waals surface area contributed by atoms with E-state index < -0.39 is 0 Å². The standard InChI is InChI=1S/C12H15BrN2O/c13-11-6-2-1-5-10(11)12(16)15-9-4-3-7-14-8-9/h1-2,5-6,9,14H,3-4,7-8H2,(H,15,16). The molecule has 2 N–H and O–H groups in total. The Morgan fingerprint density at radius 3 is 2.94 bits per heavy atom. The second-order valence-corrected chi connectivity index (χ2v) is 4.85. The zero-order valence-electron chi connectivity index (χ0n) is 9.00. The Bertz CT molecular complexity index is 375. The zero-order chi connectivity index (χ0) is 11.4. The Kier molecular flexibility index (Phi) is 3.96. The van der Waals surface area contributed by atoms with E-state index in [1.165, 1.54) is 0 Å². The van der Waals surface area contributed by atoms with Crippen LogP contribution in [0, 0.1) is 0 Å². The summed E-state index contributed by atoms with van der Waals surface area (Å²) in [6.45, 7) is 1.93. The smallest absolute Gasteiger partial charge is 0.252 e. The van der Waals surface area contributed by atoms with Gasteiger partial charge in [-0.15, -0.1) is 0 Å². The molecule has 2 rings (SSSR count). The molecule has 1 aromatic carbocycles. The summed E-state index contributed by atoms with van der Waals surface area (Å²) in [7, 11) is 0. The van der Waals surface area contributed by atoms with E-state index >= 15 is 0 Å². The van der Waals surface area contributed by atoms with Gasteiger partial charge in [0.25, 0.3) is 5.91 Å². The minimum atomic E-state index is 0.00109. The highest BCUT2D eigenvalue weighted by Crippen LogP contribution is 2.16. The van der Waals surface area contributed by atoms with Gasteiger partial charge in [-0.1, -0.05) is 12.1 Å². The topological polar surface area (TPSA) is 41.1 Å². The lowest BCUT2D eigenvalue weighted by atomic mass is 10.1. The van der Waals surface area contributed by atoms with E-state index in [4.69, 9.17) is 0 Å². The van der Waals surface area contributed by atoms with Gasteiger partial charge in [-0.3, -0.25) is 4.79 Å². The first-order valence-corrected chi connectivity index (χ1v) is 6.33. The van der Waals surface area contributed by atoms with Crippen LogP contribution in [0.4, 0.5) is 0 Å². The zero-order valence-corrected chi connectivity index (χ0v) is 10.6. The Morgan fingerprint density at radius 2 is 2.25 bits per heavy atom. The lowest BCUT2D eigenvalue weighted by Crippen LogP contribution is -2.45. The maximum absolute atomic E-state index is 12.0. The molecule has 16 heavy (non-hydrogen) atoms. The number of rotatable bonds is 2. The summed E-state index contributed by atoms with van der Waals surface area (Å²) in [6.07, 6.45) is 2.18. The monoisotopic (exact) mass is 282 g/mol. The average molecular weight is 283 g/mol. The molecule has 1 fully saturated rings. The van der Waals surface area contributed by atoms with E-state index in [0.29, 0.717) is 5.56 Å². The molecule has 3 nitrogen and oxygen atoms in total. The highest BCUT2D eigenvalue weighted by atomic mass is 79.9. The third-order valence-corrected chi connectivity index (χ3v) is 3.44. The third-order valence-electron chi connectivity index (χ3n) is 2.75. The van der Waals surface area contributed by atoms with Crippen LogP contribution < -0.4 is 10.6 Å². The first kappa shape index (κ1) is 11.6. The number of amides is 1. The van der Waals surface area contributed by atoms with Crippen molar-refractivity contribution in [1.29, 1.82) is 0 Å². The number of hydrogen-bond acceptors (Lipinski definition) is 2. The van der Waals surface area contributed by atoms with Crippen molar-refractivity contribution in [2.24, 2.45) is 0 Å². The number of carbonyl (C=O) groups excluding carboxylic acids is 1. The summed E-state index contributed by atoms with van der Waals surface area (Å²) in [5.41, 5.74) is 0.702. The molecule has 1 heterocycles. The number of halogens is 1. The fourth-order valence-electron chi connectivity index (χ4n) is 1.88. The molecule has 0 spiro atoms. The molecular weight excluding hydrogens is 268 g/mol. The molecule has 1 unspecified atom stereocenters. The number of piperidine rings is 1. The molecular formula is C12H15BrN2O. The maximum atomic E-state index is 12.0. The van der Waals surface area contributed by atoms with Crippen LogP contribution in [0.5, 0.6) is 0 Å². The largest absolute Gasteiger partial charge is 0.348 e. The molecule has 0 aromatic heterocycles. The van der Waals surface area contributed by atoms with Gasteiger partial charge in [0.15, 0.2) is 0 Å².